The molecule has 25 heavy (non-hydrogen) atoms. The lowest BCUT2D eigenvalue weighted by atomic mass is 10.1. The molecule has 6 nitrogen and oxygen atoms in total. The molecule has 0 saturated carbocycles. The molecule has 2 atom stereocenters. The van der Waals surface area contributed by atoms with Crippen LogP contribution in [0, 0.1) is 5.82 Å². The monoisotopic (exact) mass is 368 g/mol. The van der Waals surface area contributed by atoms with Gasteiger partial charge in [0.25, 0.3) is 5.91 Å². The number of nitrogens with one attached hydrogen (secondary N) is 2. The van der Waals surface area contributed by atoms with E-state index in [0.29, 0.717) is 18.8 Å². The number of nitrogens with zero attached hydrogens (tertiary/aromatic N) is 2. The number of halogens is 2. The highest BCUT2D eigenvalue weighted by Gasteiger charge is 2.39. The van der Waals surface area contributed by atoms with Crippen LogP contribution in [0.2, 0.25) is 0 Å². The van der Waals surface area contributed by atoms with Gasteiger partial charge in [-0.25, -0.2) is 9.18 Å². The maximum atomic E-state index is 14.4. The SMILES string of the molecule is Cl.O=C1NCCN1c1ccc(F)c(C(=O)N2C3CCNCC2CC3)c1. The Bertz CT molecular complexity index is 673. The average Bonchev–Trinajstić information content (AvgIpc) is 3.09. The fourth-order valence-corrected chi connectivity index (χ4v) is 4.02. The number of hydrogen-bond donors (Lipinski definition) is 2. The number of hydrogen-bond acceptors (Lipinski definition) is 3. The van der Waals surface area contributed by atoms with Gasteiger partial charge in [0.2, 0.25) is 0 Å². The Hall–Kier alpha value is -1.86. The van der Waals surface area contributed by atoms with Gasteiger partial charge >= 0.3 is 6.03 Å². The number of rotatable bonds is 2. The van der Waals surface area contributed by atoms with Crippen LogP contribution in [0.25, 0.3) is 0 Å². The summed E-state index contributed by atoms with van der Waals surface area (Å²) in [6, 6.07) is 4.44. The third-order valence-electron chi connectivity index (χ3n) is 5.24. The maximum absolute atomic E-state index is 14.4. The van der Waals surface area contributed by atoms with Crippen LogP contribution in [-0.2, 0) is 0 Å². The Balaban J connectivity index is 0.00000182. The van der Waals surface area contributed by atoms with Crippen LogP contribution in [0.1, 0.15) is 29.6 Å². The second-order valence-electron chi connectivity index (χ2n) is 6.64. The maximum Gasteiger partial charge on any atom is 0.321 e. The summed E-state index contributed by atoms with van der Waals surface area (Å²) in [5, 5.41) is 6.06. The highest BCUT2D eigenvalue weighted by atomic mass is 35.5. The fourth-order valence-electron chi connectivity index (χ4n) is 4.02. The van der Waals surface area contributed by atoms with E-state index in [1.165, 1.54) is 17.0 Å². The van der Waals surface area contributed by atoms with Gasteiger partial charge in [0.15, 0.2) is 0 Å². The molecule has 2 bridgehead atoms. The number of fused-ring (bicyclic) bond motifs is 2. The molecule has 3 aliphatic heterocycles. The van der Waals surface area contributed by atoms with E-state index < -0.39 is 5.82 Å². The van der Waals surface area contributed by atoms with Crippen LogP contribution in [0.3, 0.4) is 0 Å². The minimum absolute atomic E-state index is 0. The summed E-state index contributed by atoms with van der Waals surface area (Å²) in [6.45, 7) is 2.73. The van der Waals surface area contributed by atoms with Gasteiger partial charge in [-0.2, -0.15) is 0 Å². The van der Waals surface area contributed by atoms with E-state index in [0.717, 1.165) is 32.4 Å². The van der Waals surface area contributed by atoms with Gasteiger partial charge in [-0.15, -0.1) is 12.4 Å². The lowest BCUT2D eigenvalue weighted by Crippen LogP contribution is -2.43. The Morgan fingerprint density at radius 1 is 1.16 bits per heavy atom. The number of carbonyl (C=O) groups excluding carboxylic acids is 2. The molecule has 3 aliphatic rings. The highest BCUT2D eigenvalue weighted by molar-refractivity contribution is 5.99. The highest BCUT2D eigenvalue weighted by Crippen LogP contribution is 2.31. The molecule has 0 aromatic heterocycles. The van der Waals surface area contributed by atoms with Gasteiger partial charge in [-0.05, 0) is 44.0 Å². The summed E-state index contributed by atoms with van der Waals surface area (Å²) in [5.41, 5.74) is 0.626. The molecule has 3 fully saturated rings. The average molecular weight is 369 g/mol. The van der Waals surface area contributed by atoms with E-state index >= 15 is 0 Å². The van der Waals surface area contributed by atoms with Crippen LogP contribution >= 0.6 is 12.4 Å². The molecule has 3 amide bonds. The zero-order valence-electron chi connectivity index (χ0n) is 13.8. The third kappa shape index (κ3) is 3.18. The largest absolute Gasteiger partial charge is 0.336 e. The minimum atomic E-state index is -0.528. The van der Waals surface area contributed by atoms with Gasteiger partial charge in [0.1, 0.15) is 5.82 Å². The van der Waals surface area contributed by atoms with Gasteiger partial charge in [-0.1, -0.05) is 0 Å². The smallest absolute Gasteiger partial charge is 0.321 e. The van der Waals surface area contributed by atoms with E-state index in [4.69, 9.17) is 0 Å². The molecule has 0 spiro atoms. The second kappa shape index (κ2) is 7.17. The summed E-state index contributed by atoms with van der Waals surface area (Å²) in [5.74, 6) is -0.787. The molecule has 2 N–H and O–H groups in total. The van der Waals surface area contributed by atoms with Crippen molar-refractivity contribution in [3.63, 3.8) is 0 Å². The quantitative estimate of drug-likeness (QED) is 0.835. The fraction of sp³-hybridized carbons (Fsp3) is 0.529. The Kier molecular flexibility index (Phi) is 5.15. The zero-order valence-corrected chi connectivity index (χ0v) is 14.7. The molecule has 4 rings (SSSR count). The lowest BCUT2D eigenvalue weighted by Gasteiger charge is -2.28. The van der Waals surface area contributed by atoms with Crippen molar-refractivity contribution in [2.24, 2.45) is 0 Å². The van der Waals surface area contributed by atoms with Gasteiger partial charge < -0.3 is 15.5 Å². The number of benzene rings is 1. The van der Waals surface area contributed by atoms with Gasteiger partial charge in [-0.3, -0.25) is 9.69 Å². The third-order valence-corrected chi connectivity index (χ3v) is 5.24. The van der Waals surface area contributed by atoms with Gasteiger partial charge in [0.05, 0.1) is 5.56 Å². The van der Waals surface area contributed by atoms with Crippen LogP contribution in [0.5, 0.6) is 0 Å². The first kappa shape index (κ1) is 17.9. The van der Waals surface area contributed by atoms with Crippen molar-refractivity contribution in [2.75, 3.05) is 31.1 Å². The van der Waals surface area contributed by atoms with Crippen molar-refractivity contribution in [1.82, 2.24) is 15.5 Å². The molecule has 0 aliphatic carbocycles. The predicted octanol–water partition coefficient (Wildman–Crippen LogP) is 1.74. The van der Waals surface area contributed by atoms with Crippen molar-refractivity contribution in [1.29, 1.82) is 0 Å². The molecule has 3 heterocycles. The predicted molar refractivity (Wildman–Crippen MR) is 94.9 cm³/mol. The second-order valence-corrected chi connectivity index (χ2v) is 6.64. The Morgan fingerprint density at radius 2 is 1.96 bits per heavy atom. The molecule has 1 aromatic rings. The molecule has 3 saturated heterocycles. The standard InChI is InChI=1S/C17H21FN4O2.ClH/c18-15-4-3-12(21-8-7-20-17(21)24)9-14(15)16(23)22-11-1-2-13(22)10-19-6-5-11;/h3-4,9,11,13,19H,1-2,5-8,10H2,(H,20,24);1H. The molecule has 8 heteroatoms. The number of anilines is 1. The molecular weight excluding hydrogens is 347 g/mol. The summed E-state index contributed by atoms with van der Waals surface area (Å²) < 4.78 is 14.4. The van der Waals surface area contributed by atoms with Crippen molar-refractivity contribution in [2.45, 2.75) is 31.3 Å². The van der Waals surface area contributed by atoms with Crippen molar-refractivity contribution < 1.29 is 14.0 Å². The van der Waals surface area contributed by atoms with E-state index in [1.54, 1.807) is 6.07 Å². The van der Waals surface area contributed by atoms with Crippen molar-refractivity contribution in [3.8, 4) is 0 Å². The van der Waals surface area contributed by atoms with E-state index in [-0.39, 0.29) is 42.0 Å². The topological polar surface area (TPSA) is 64.7 Å². The zero-order chi connectivity index (χ0) is 16.7. The number of urea groups is 1. The Morgan fingerprint density at radius 3 is 2.72 bits per heavy atom. The summed E-state index contributed by atoms with van der Waals surface area (Å²) in [4.78, 5) is 28.2. The molecule has 2 unspecified atom stereocenters. The molecule has 0 radical (unpaired) electrons. The Labute approximate surface area is 152 Å². The van der Waals surface area contributed by atoms with Crippen LogP contribution < -0.4 is 15.5 Å². The first-order valence-corrected chi connectivity index (χ1v) is 8.53. The molecule has 136 valence electrons. The molecule has 1 aromatic carbocycles. The van der Waals surface area contributed by atoms with Crippen LogP contribution in [0.4, 0.5) is 14.9 Å². The van der Waals surface area contributed by atoms with Gasteiger partial charge in [0, 0.05) is 37.4 Å². The van der Waals surface area contributed by atoms with E-state index in [2.05, 4.69) is 10.6 Å². The minimum Gasteiger partial charge on any atom is -0.336 e. The van der Waals surface area contributed by atoms with Crippen LogP contribution in [-0.4, -0.2) is 55.1 Å². The normalized spacial score (nSPS) is 25.4. The van der Waals surface area contributed by atoms with E-state index in [1.807, 2.05) is 4.90 Å². The summed E-state index contributed by atoms with van der Waals surface area (Å²) in [6.07, 6.45) is 2.84. The number of carbonyl (C=O) groups is 2. The summed E-state index contributed by atoms with van der Waals surface area (Å²) in [7, 11) is 0. The first-order chi connectivity index (χ1) is 11.6. The lowest BCUT2D eigenvalue weighted by molar-refractivity contribution is 0.0675. The first-order valence-electron chi connectivity index (χ1n) is 8.53. The summed E-state index contributed by atoms with van der Waals surface area (Å²) >= 11 is 0. The van der Waals surface area contributed by atoms with E-state index in [9.17, 15) is 14.0 Å². The van der Waals surface area contributed by atoms with Crippen molar-refractivity contribution in [3.05, 3.63) is 29.6 Å². The van der Waals surface area contributed by atoms with Crippen LogP contribution in [0.15, 0.2) is 18.2 Å². The molecular formula is C17H22ClFN4O2. The van der Waals surface area contributed by atoms with Crippen molar-refractivity contribution >= 4 is 30.0 Å². The number of amides is 3.